The van der Waals surface area contributed by atoms with Crippen LogP contribution in [0.25, 0.3) is 0 Å². The second kappa shape index (κ2) is 10.3. The number of methoxy groups -OCH3 is 3. The number of hydrogen-bond acceptors (Lipinski definition) is 7. The van der Waals surface area contributed by atoms with Crippen LogP contribution in [0.3, 0.4) is 0 Å². The average Bonchev–Trinajstić information content (AvgIpc) is 2.87. The number of esters is 1. The molecular weight excluding hydrogens is 446 g/mol. The van der Waals surface area contributed by atoms with Crippen molar-refractivity contribution in [2.24, 2.45) is 0 Å². The first-order valence-corrected chi connectivity index (χ1v) is 11.7. The molecule has 1 aliphatic carbocycles. The van der Waals surface area contributed by atoms with E-state index in [1.54, 1.807) is 14.2 Å². The summed E-state index contributed by atoms with van der Waals surface area (Å²) < 4.78 is 21.8. The van der Waals surface area contributed by atoms with E-state index in [2.05, 4.69) is 5.32 Å². The fourth-order valence-corrected chi connectivity index (χ4v) is 5.08. The van der Waals surface area contributed by atoms with Crippen molar-refractivity contribution in [3.8, 4) is 17.2 Å². The van der Waals surface area contributed by atoms with Gasteiger partial charge in [0.15, 0.2) is 17.3 Å². The van der Waals surface area contributed by atoms with Crippen molar-refractivity contribution >= 4 is 11.8 Å². The van der Waals surface area contributed by atoms with Crippen LogP contribution in [-0.2, 0) is 14.3 Å². The Bertz CT molecular complexity index is 1210. The molecule has 0 aromatic heterocycles. The minimum absolute atomic E-state index is 0.0104. The molecule has 1 N–H and O–H groups in total. The molecule has 0 spiro atoms. The molecule has 2 atom stereocenters. The summed E-state index contributed by atoms with van der Waals surface area (Å²) in [5.74, 6) is 0.836. The van der Waals surface area contributed by atoms with Gasteiger partial charge < -0.3 is 24.3 Å². The van der Waals surface area contributed by atoms with Crippen molar-refractivity contribution in [2.45, 2.75) is 38.5 Å². The van der Waals surface area contributed by atoms with Crippen molar-refractivity contribution < 1.29 is 28.5 Å². The molecule has 0 saturated heterocycles. The standard InChI is InChI=1S/C28H31NO6/c1-6-35-22-10-8-7-9-19(22)26-25(28(31)34-5)16(2)29-20-13-18(14-21(30)27(20)26)17-11-12-23(32-3)24(15-17)33-4/h7-12,15,18,26,29H,6,13-14H2,1-5H3/t18-,26-/m1/s1. The number of dihydropyridines is 1. The smallest absolute Gasteiger partial charge is 0.336 e. The number of ketones is 1. The molecule has 2 aromatic rings. The van der Waals surface area contributed by atoms with Gasteiger partial charge in [0.05, 0.1) is 39.4 Å². The summed E-state index contributed by atoms with van der Waals surface area (Å²) in [6.45, 7) is 4.22. The van der Waals surface area contributed by atoms with E-state index in [0.29, 0.717) is 53.5 Å². The molecule has 7 nitrogen and oxygen atoms in total. The van der Waals surface area contributed by atoms with Gasteiger partial charge in [-0.1, -0.05) is 24.3 Å². The van der Waals surface area contributed by atoms with Crippen molar-refractivity contribution in [3.63, 3.8) is 0 Å². The van der Waals surface area contributed by atoms with E-state index in [1.165, 1.54) is 7.11 Å². The van der Waals surface area contributed by atoms with Crippen molar-refractivity contribution in [3.05, 3.63) is 76.1 Å². The topological polar surface area (TPSA) is 83.1 Å². The molecule has 4 rings (SSSR count). The van der Waals surface area contributed by atoms with E-state index < -0.39 is 11.9 Å². The van der Waals surface area contributed by atoms with Gasteiger partial charge in [-0.05, 0) is 49.9 Å². The number of carbonyl (C=O) groups is 2. The summed E-state index contributed by atoms with van der Waals surface area (Å²) >= 11 is 0. The number of rotatable bonds is 7. The highest BCUT2D eigenvalue weighted by molar-refractivity contribution is 6.04. The molecule has 1 heterocycles. The number of ether oxygens (including phenoxy) is 4. The molecule has 184 valence electrons. The third kappa shape index (κ3) is 4.50. The van der Waals surface area contributed by atoms with Crippen LogP contribution in [0.2, 0.25) is 0 Å². The van der Waals surface area contributed by atoms with E-state index in [0.717, 1.165) is 16.8 Å². The van der Waals surface area contributed by atoms with Crippen LogP contribution in [0.15, 0.2) is 65.0 Å². The lowest BCUT2D eigenvalue weighted by Gasteiger charge is -2.37. The lowest BCUT2D eigenvalue weighted by atomic mass is 9.71. The SMILES string of the molecule is CCOc1ccccc1[C@@H]1C(C(=O)OC)=C(C)NC2=C1C(=O)C[C@H](c1ccc(OC)c(OC)c1)C2. The summed E-state index contributed by atoms with van der Waals surface area (Å²) in [5, 5.41) is 3.36. The second-order valence-electron chi connectivity index (χ2n) is 8.59. The molecular formula is C28H31NO6. The first-order chi connectivity index (χ1) is 16.9. The maximum Gasteiger partial charge on any atom is 0.336 e. The zero-order chi connectivity index (χ0) is 25.1. The van der Waals surface area contributed by atoms with Gasteiger partial charge in [0.2, 0.25) is 0 Å². The molecule has 2 aromatic carbocycles. The van der Waals surface area contributed by atoms with Gasteiger partial charge in [-0.15, -0.1) is 0 Å². The van der Waals surface area contributed by atoms with E-state index in [4.69, 9.17) is 18.9 Å². The predicted octanol–water partition coefficient (Wildman–Crippen LogP) is 4.64. The molecule has 0 radical (unpaired) electrons. The number of allylic oxidation sites excluding steroid dienone is 3. The zero-order valence-electron chi connectivity index (χ0n) is 20.8. The Morgan fingerprint density at radius 1 is 1.00 bits per heavy atom. The molecule has 2 aliphatic rings. The monoisotopic (exact) mass is 477 g/mol. The minimum Gasteiger partial charge on any atom is -0.494 e. The van der Waals surface area contributed by atoms with Crippen molar-refractivity contribution in [1.29, 1.82) is 0 Å². The summed E-state index contributed by atoms with van der Waals surface area (Å²) in [6, 6.07) is 13.3. The Morgan fingerprint density at radius 2 is 1.74 bits per heavy atom. The molecule has 0 unspecified atom stereocenters. The number of para-hydroxylation sites is 1. The first-order valence-electron chi connectivity index (χ1n) is 11.7. The normalized spacial score (nSPS) is 19.6. The maximum atomic E-state index is 13.7. The van der Waals surface area contributed by atoms with Gasteiger partial charge in [-0.2, -0.15) is 0 Å². The van der Waals surface area contributed by atoms with Gasteiger partial charge in [0, 0.05) is 29.0 Å². The average molecular weight is 478 g/mol. The number of nitrogens with one attached hydrogen (secondary N) is 1. The Hall–Kier alpha value is -3.74. The number of benzene rings is 2. The van der Waals surface area contributed by atoms with Crippen LogP contribution in [-0.4, -0.2) is 39.7 Å². The molecule has 0 amide bonds. The van der Waals surface area contributed by atoms with Crippen molar-refractivity contribution in [2.75, 3.05) is 27.9 Å². The minimum atomic E-state index is -0.569. The maximum absolute atomic E-state index is 13.7. The van der Waals surface area contributed by atoms with Gasteiger partial charge in [0.25, 0.3) is 0 Å². The Kier molecular flexibility index (Phi) is 7.15. The molecule has 0 saturated carbocycles. The Morgan fingerprint density at radius 3 is 2.43 bits per heavy atom. The molecule has 0 bridgehead atoms. The highest BCUT2D eigenvalue weighted by atomic mass is 16.5. The summed E-state index contributed by atoms with van der Waals surface area (Å²) in [4.78, 5) is 26.6. The van der Waals surface area contributed by atoms with Crippen LogP contribution in [0.4, 0.5) is 0 Å². The molecule has 7 heteroatoms. The predicted molar refractivity (Wildman–Crippen MR) is 132 cm³/mol. The summed E-state index contributed by atoms with van der Waals surface area (Å²) in [5.41, 5.74) is 4.29. The van der Waals surface area contributed by atoms with E-state index in [9.17, 15) is 9.59 Å². The zero-order valence-corrected chi connectivity index (χ0v) is 20.8. The Balaban J connectivity index is 1.81. The first kappa shape index (κ1) is 24.4. The lowest BCUT2D eigenvalue weighted by Crippen LogP contribution is -2.36. The van der Waals surface area contributed by atoms with Crippen LogP contribution in [0.1, 0.15) is 49.7 Å². The lowest BCUT2D eigenvalue weighted by molar-refractivity contribution is -0.136. The molecule has 0 fully saturated rings. The fraction of sp³-hybridized carbons (Fsp3) is 0.357. The third-order valence-electron chi connectivity index (χ3n) is 6.64. The highest BCUT2D eigenvalue weighted by Gasteiger charge is 2.42. The summed E-state index contributed by atoms with van der Waals surface area (Å²) in [7, 11) is 4.55. The van der Waals surface area contributed by atoms with Gasteiger partial charge in [-0.25, -0.2) is 4.79 Å². The van der Waals surface area contributed by atoms with E-state index in [1.807, 2.05) is 56.3 Å². The van der Waals surface area contributed by atoms with Crippen molar-refractivity contribution in [1.82, 2.24) is 5.32 Å². The number of carbonyl (C=O) groups excluding carboxylic acids is 2. The number of hydrogen-bond donors (Lipinski definition) is 1. The number of Topliss-reactive ketones (excluding diaryl/α,β-unsaturated/α-hetero) is 1. The van der Waals surface area contributed by atoms with Crippen LogP contribution < -0.4 is 19.5 Å². The second-order valence-corrected chi connectivity index (χ2v) is 8.59. The van der Waals surface area contributed by atoms with Gasteiger partial charge >= 0.3 is 5.97 Å². The van der Waals surface area contributed by atoms with E-state index >= 15 is 0 Å². The van der Waals surface area contributed by atoms with Crippen LogP contribution in [0.5, 0.6) is 17.2 Å². The summed E-state index contributed by atoms with van der Waals surface area (Å²) in [6.07, 6.45) is 0.937. The quantitative estimate of drug-likeness (QED) is 0.582. The molecule has 1 aliphatic heterocycles. The van der Waals surface area contributed by atoms with Crippen LogP contribution >= 0.6 is 0 Å². The van der Waals surface area contributed by atoms with E-state index in [-0.39, 0.29) is 11.7 Å². The molecule has 35 heavy (non-hydrogen) atoms. The third-order valence-corrected chi connectivity index (χ3v) is 6.64. The highest BCUT2D eigenvalue weighted by Crippen LogP contribution is 2.48. The Labute approximate surface area is 205 Å². The van der Waals surface area contributed by atoms with Gasteiger partial charge in [0.1, 0.15) is 5.75 Å². The van der Waals surface area contributed by atoms with Gasteiger partial charge in [-0.3, -0.25) is 4.79 Å². The fourth-order valence-electron chi connectivity index (χ4n) is 5.08. The largest absolute Gasteiger partial charge is 0.494 e. The van der Waals surface area contributed by atoms with Crippen LogP contribution in [0, 0.1) is 0 Å².